The average molecular weight is 213 g/mol. The predicted molar refractivity (Wildman–Crippen MR) is 61.8 cm³/mol. The van der Waals surface area contributed by atoms with Gasteiger partial charge in [-0.3, -0.25) is 9.69 Å². The van der Waals surface area contributed by atoms with E-state index in [0.717, 1.165) is 26.1 Å². The average Bonchev–Trinajstić information content (AvgIpc) is 2.28. The fraction of sp³-hybridized carbons (Fsp3) is 0.909. The summed E-state index contributed by atoms with van der Waals surface area (Å²) >= 11 is 0. The molecule has 4 nitrogen and oxygen atoms in total. The zero-order chi connectivity index (χ0) is 11.3. The van der Waals surface area contributed by atoms with Gasteiger partial charge in [0.05, 0.1) is 0 Å². The first-order chi connectivity index (χ1) is 7.20. The SMILES string of the molecule is CCNC(=O)C1CNCCN1C(C)CC. The van der Waals surface area contributed by atoms with Crippen molar-refractivity contribution in [2.45, 2.75) is 39.3 Å². The minimum atomic E-state index is 0.00801. The Morgan fingerprint density at radius 3 is 2.93 bits per heavy atom. The number of carbonyl (C=O) groups excluding carboxylic acids is 1. The maximum absolute atomic E-state index is 11.8. The summed E-state index contributed by atoms with van der Waals surface area (Å²) < 4.78 is 0. The number of hydrogen-bond acceptors (Lipinski definition) is 3. The van der Waals surface area contributed by atoms with Crippen LogP contribution in [-0.2, 0) is 4.79 Å². The maximum atomic E-state index is 11.8. The second kappa shape index (κ2) is 6.08. The number of likely N-dealkylation sites (N-methyl/N-ethyl adjacent to an activating group) is 1. The van der Waals surface area contributed by atoms with E-state index in [-0.39, 0.29) is 11.9 Å². The molecule has 0 bridgehead atoms. The Bertz CT molecular complexity index is 208. The van der Waals surface area contributed by atoms with E-state index in [1.807, 2.05) is 6.92 Å². The normalized spacial score (nSPS) is 24.9. The molecule has 88 valence electrons. The van der Waals surface area contributed by atoms with Crippen LogP contribution in [0.1, 0.15) is 27.2 Å². The minimum Gasteiger partial charge on any atom is -0.355 e. The molecule has 2 unspecified atom stereocenters. The van der Waals surface area contributed by atoms with Gasteiger partial charge in [-0.05, 0) is 20.3 Å². The molecule has 0 radical (unpaired) electrons. The second-order valence-corrected chi connectivity index (χ2v) is 4.11. The van der Waals surface area contributed by atoms with E-state index < -0.39 is 0 Å². The highest BCUT2D eigenvalue weighted by atomic mass is 16.2. The Hall–Kier alpha value is -0.610. The van der Waals surface area contributed by atoms with E-state index in [1.165, 1.54) is 0 Å². The Labute approximate surface area is 92.4 Å². The Kier molecular flexibility index (Phi) is 5.05. The van der Waals surface area contributed by atoms with E-state index >= 15 is 0 Å². The molecule has 2 N–H and O–H groups in total. The first-order valence-electron chi connectivity index (χ1n) is 5.94. The fourth-order valence-corrected chi connectivity index (χ4v) is 2.02. The molecule has 4 heteroatoms. The van der Waals surface area contributed by atoms with Gasteiger partial charge >= 0.3 is 0 Å². The highest BCUT2D eigenvalue weighted by molar-refractivity contribution is 5.82. The lowest BCUT2D eigenvalue weighted by Crippen LogP contribution is -2.60. The van der Waals surface area contributed by atoms with Crippen LogP contribution in [0.4, 0.5) is 0 Å². The molecule has 0 aromatic heterocycles. The van der Waals surface area contributed by atoms with Crippen molar-refractivity contribution in [2.24, 2.45) is 0 Å². The van der Waals surface area contributed by atoms with Crippen molar-refractivity contribution in [1.29, 1.82) is 0 Å². The van der Waals surface area contributed by atoms with Gasteiger partial charge in [-0.25, -0.2) is 0 Å². The molecule has 1 rings (SSSR count). The van der Waals surface area contributed by atoms with E-state index in [0.29, 0.717) is 12.6 Å². The summed E-state index contributed by atoms with van der Waals surface area (Å²) in [5.41, 5.74) is 0. The topological polar surface area (TPSA) is 44.4 Å². The first-order valence-corrected chi connectivity index (χ1v) is 5.94. The minimum absolute atomic E-state index is 0.00801. The number of piperazine rings is 1. The van der Waals surface area contributed by atoms with Gasteiger partial charge in [0.25, 0.3) is 0 Å². The van der Waals surface area contributed by atoms with Crippen molar-refractivity contribution in [1.82, 2.24) is 15.5 Å². The molecule has 0 aromatic carbocycles. The van der Waals surface area contributed by atoms with E-state index in [4.69, 9.17) is 0 Å². The largest absolute Gasteiger partial charge is 0.355 e. The fourth-order valence-electron chi connectivity index (χ4n) is 2.02. The number of amides is 1. The maximum Gasteiger partial charge on any atom is 0.238 e. The summed E-state index contributed by atoms with van der Waals surface area (Å²) in [6.07, 6.45) is 1.09. The van der Waals surface area contributed by atoms with Crippen LogP contribution in [0.5, 0.6) is 0 Å². The zero-order valence-electron chi connectivity index (χ0n) is 10.0. The van der Waals surface area contributed by atoms with Crippen molar-refractivity contribution < 1.29 is 4.79 Å². The third-order valence-electron chi connectivity index (χ3n) is 3.10. The lowest BCUT2D eigenvalue weighted by molar-refractivity contribution is -0.127. The molecule has 1 aliphatic rings. The summed E-state index contributed by atoms with van der Waals surface area (Å²) in [6.45, 7) is 9.76. The van der Waals surface area contributed by atoms with Crippen LogP contribution in [0.2, 0.25) is 0 Å². The molecule has 2 atom stereocenters. The van der Waals surface area contributed by atoms with Crippen LogP contribution < -0.4 is 10.6 Å². The summed E-state index contributed by atoms with van der Waals surface area (Å²) in [5.74, 6) is 0.157. The van der Waals surface area contributed by atoms with Crippen molar-refractivity contribution in [3.8, 4) is 0 Å². The van der Waals surface area contributed by atoms with Crippen LogP contribution in [0.3, 0.4) is 0 Å². The molecule has 0 aliphatic carbocycles. The molecule has 1 aliphatic heterocycles. The molecular weight excluding hydrogens is 190 g/mol. The predicted octanol–water partition coefficient (Wildman–Crippen LogP) is 0.195. The molecule has 0 saturated carbocycles. The lowest BCUT2D eigenvalue weighted by Gasteiger charge is -2.38. The summed E-state index contributed by atoms with van der Waals surface area (Å²) in [6, 6.07) is 0.494. The number of rotatable bonds is 4. The van der Waals surface area contributed by atoms with Gasteiger partial charge in [0.1, 0.15) is 6.04 Å². The molecule has 1 saturated heterocycles. The van der Waals surface area contributed by atoms with Crippen LogP contribution >= 0.6 is 0 Å². The zero-order valence-corrected chi connectivity index (χ0v) is 10.0. The Morgan fingerprint density at radius 1 is 1.60 bits per heavy atom. The monoisotopic (exact) mass is 213 g/mol. The van der Waals surface area contributed by atoms with Gasteiger partial charge in [0.2, 0.25) is 5.91 Å². The summed E-state index contributed by atoms with van der Waals surface area (Å²) in [7, 11) is 0. The molecule has 1 fully saturated rings. The smallest absolute Gasteiger partial charge is 0.238 e. The van der Waals surface area contributed by atoms with Crippen LogP contribution in [0.15, 0.2) is 0 Å². The number of nitrogens with one attached hydrogen (secondary N) is 2. The van der Waals surface area contributed by atoms with Crippen molar-refractivity contribution in [2.75, 3.05) is 26.2 Å². The van der Waals surface area contributed by atoms with Gasteiger partial charge in [-0.2, -0.15) is 0 Å². The Morgan fingerprint density at radius 2 is 2.33 bits per heavy atom. The van der Waals surface area contributed by atoms with Crippen LogP contribution in [0, 0.1) is 0 Å². The molecule has 1 amide bonds. The van der Waals surface area contributed by atoms with Crippen molar-refractivity contribution in [3.63, 3.8) is 0 Å². The van der Waals surface area contributed by atoms with Crippen molar-refractivity contribution >= 4 is 5.91 Å². The molecule has 1 heterocycles. The number of carbonyl (C=O) groups is 1. The van der Waals surface area contributed by atoms with Crippen LogP contribution in [-0.4, -0.2) is 49.1 Å². The van der Waals surface area contributed by atoms with E-state index in [2.05, 4.69) is 29.4 Å². The third-order valence-corrected chi connectivity index (χ3v) is 3.10. The van der Waals surface area contributed by atoms with E-state index in [1.54, 1.807) is 0 Å². The van der Waals surface area contributed by atoms with Gasteiger partial charge < -0.3 is 10.6 Å². The van der Waals surface area contributed by atoms with Gasteiger partial charge in [0, 0.05) is 32.2 Å². The van der Waals surface area contributed by atoms with Gasteiger partial charge in [-0.1, -0.05) is 6.92 Å². The standard InChI is InChI=1S/C11H23N3O/c1-4-9(3)14-7-6-12-8-10(14)11(15)13-5-2/h9-10,12H,4-8H2,1-3H3,(H,13,15). The second-order valence-electron chi connectivity index (χ2n) is 4.11. The molecular formula is C11H23N3O. The quantitative estimate of drug-likeness (QED) is 0.701. The Balaban J connectivity index is 2.60. The van der Waals surface area contributed by atoms with Gasteiger partial charge in [0.15, 0.2) is 0 Å². The lowest BCUT2D eigenvalue weighted by atomic mass is 10.1. The highest BCUT2D eigenvalue weighted by Crippen LogP contribution is 2.11. The molecule has 0 aromatic rings. The van der Waals surface area contributed by atoms with E-state index in [9.17, 15) is 4.79 Å². The first kappa shape index (κ1) is 12.5. The highest BCUT2D eigenvalue weighted by Gasteiger charge is 2.30. The molecule has 0 spiro atoms. The van der Waals surface area contributed by atoms with Crippen LogP contribution in [0.25, 0.3) is 0 Å². The summed E-state index contributed by atoms with van der Waals surface area (Å²) in [4.78, 5) is 14.1. The summed E-state index contributed by atoms with van der Waals surface area (Å²) in [5, 5.41) is 6.18. The molecule has 15 heavy (non-hydrogen) atoms. The number of nitrogens with zero attached hydrogens (tertiary/aromatic N) is 1. The van der Waals surface area contributed by atoms with Crippen molar-refractivity contribution in [3.05, 3.63) is 0 Å². The number of hydrogen-bond donors (Lipinski definition) is 2. The van der Waals surface area contributed by atoms with Gasteiger partial charge in [-0.15, -0.1) is 0 Å². The third kappa shape index (κ3) is 3.18.